The molecule has 0 aliphatic rings. The Morgan fingerprint density at radius 2 is 1.68 bits per heavy atom. The molecule has 0 atom stereocenters. The first kappa shape index (κ1) is 23.4. The Labute approximate surface area is 196 Å². The summed E-state index contributed by atoms with van der Waals surface area (Å²) in [7, 11) is -4.14. The second kappa shape index (κ2) is 9.92. The van der Waals surface area contributed by atoms with E-state index in [2.05, 4.69) is 4.99 Å². The van der Waals surface area contributed by atoms with Crippen LogP contribution in [-0.4, -0.2) is 21.2 Å². The molecule has 0 unspecified atom stereocenters. The highest BCUT2D eigenvalue weighted by atomic mass is 35.5. The van der Waals surface area contributed by atoms with Gasteiger partial charge in [0.15, 0.2) is 5.75 Å². The van der Waals surface area contributed by atoms with E-state index < -0.39 is 10.1 Å². The van der Waals surface area contributed by atoms with Crippen LogP contribution in [0.25, 0.3) is 0 Å². The standard InChI is InChI=1S/C22H18Cl3NO4S/c1-3-29-21-11-15(13-26-17-7-4-14(2)19(24)12-17)10-20(25)22(21)30-31(27,28)18-8-5-16(23)6-9-18/h4-13H,3H2,1-2H3. The van der Waals surface area contributed by atoms with Crippen LogP contribution in [0.3, 0.4) is 0 Å². The zero-order valence-electron chi connectivity index (χ0n) is 16.6. The highest BCUT2D eigenvalue weighted by Crippen LogP contribution is 2.38. The number of nitrogens with zero attached hydrogens (tertiary/aromatic N) is 1. The molecule has 0 aliphatic carbocycles. The van der Waals surface area contributed by atoms with Gasteiger partial charge in [0.2, 0.25) is 5.75 Å². The van der Waals surface area contributed by atoms with Crippen molar-refractivity contribution in [3.8, 4) is 11.5 Å². The molecule has 0 fully saturated rings. The van der Waals surface area contributed by atoms with Crippen molar-refractivity contribution < 1.29 is 17.3 Å². The maximum Gasteiger partial charge on any atom is 0.339 e. The van der Waals surface area contributed by atoms with Crippen LogP contribution < -0.4 is 8.92 Å². The zero-order valence-corrected chi connectivity index (χ0v) is 19.7. The molecule has 9 heteroatoms. The van der Waals surface area contributed by atoms with Gasteiger partial charge in [-0.15, -0.1) is 0 Å². The van der Waals surface area contributed by atoms with Gasteiger partial charge in [-0.2, -0.15) is 8.42 Å². The van der Waals surface area contributed by atoms with Crippen LogP contribution in [0.5, 0.6) is 11.5 Å². The average molecular weight is 499 g/mol. The van der Waals surface area contributed by atoms with E-state index in [0.717, 1.165) is 5.56 Å². The molecule has 0 aromatic heterocycles. The molecule has 0 radical (unpaired) electrons. The fourth-order valence-corrected chi connectivity index (χ4v) is 4.14. The van der Waals surface area contributed by atoms with Gasteiger partial charge in [-0.1, -0.05) is 40.9 Å². The van der Waals surface area contributed by atoms with Gasteiger partial charge in [0, 0.05) is 16.3 Å². The Balaban J connectivity index is 1.93. The third-order valence-corrected chi connectivity index (χ3v) is 6.32. The summed E-state index contributed by atoms with van der Waals surface area (Å²) in [5.74, 6) is 0.0740. The van der Waals surface area contributed by atoms with E-state index in [9.17, 15) is 8.42 Å². The predicted molar refractivity (Wildman–Crippen MR) is 125 cm³/mol. The number of hydrogen-bond donors (Lipinski definition) is 0. The predicted octanol–water partition coefficient (Wildman–Crippen LogP) is 6.87. The first-order valence-electron chi connectivity index (χ1n) is 9.16. The van der Waals surface area contributed by atoms with Gasteiger partial charge in [0.25, 0.3) is 0 Å². The molecule has 0 amide bonds. The zero-order chi connectivity index (χ0) is 22.6. The Morgan fingerprint density at radius 3 is 2.32 bits per heavy atom. The summed E-state index contributed by atoms with van der Waals surface area (Å²) in [6.07, 6.45) is 1.58. The molecule has 0 aliphatic heterocycles. The van der Waals surface area contributed by atoms with E-state index in [4.69, 9.17) is 43.7 Å². The Bertz CT molecular complexity index is 1230. The van der Waals surface area contributed by atoms with Crippen LogP contribution in [0.15, 0.2) is 64.5 Å². The lowest BCUT2D eigenvalue weighted by Crippen LogP contribution is -2.11. The van der Waals surface area contributed by atoms with E-state index in [0.29, 0.717) is 21.3 Å². The number of aryl methyl sites for hydroxylation is 1. The Hall–Kier alpha value is -2.25. The average Bonchev–Trinajstić information content (AvgIpc) is 2.72. The molecule has 5 nitrogen and oxygen atoms in total. The second-order valence-electron chi connectivity index (χ2n) is 6.45. The SMILES string of the molecule is CCOc1cc(C=Nc2ccc(C)c(Cl)c2)cc(Cl)c1OS(=O)(=O)c1ccc(Cl)cc1. The van der Waals surface area contributed by atoms with Crippen molar-refractivity contribution in [3.05, 3.63) is 80.8 Å². The molecule has 0 spiro atoms. The monoisotopic (exact) mass is 497 g/mol. The smallest absolute Gasteiger partial charge is 0.339 e. The van der Waals surface area contributed by atoms with Crippen molar-refractivity contribution in [3.63, 3.8) is 0 Å². The summed E-state index contributed by atoms with van der Waals surface area (Å²) in [6, 6.07) is 14.2. The van der Waals surface area contributed by atoms with Gasteiger partial charge in [0.1, 0.15) is 4.90 Å². The highest BCUT2D eigenvalue weighted by molar-refractivity contribution is 7.87. The summed E-state index contributed by atoms with van der Waals surface area (Å²) in [5, 5.41) is 1.08. The van der Waals surface area contributed by atoms with Crippen molar-refractivity contribution in [2.24, 2.45) is 4.99 Å². The molecule has 162 valence electrons. The minimum Gasteiger partial charge on any atom is -0.490 e. The molecule has 0 saturated carbocycles. The minimum atomic E-state index is -4.14. The number of hydrogen-bond acceptors (Lipinski definition) is 5. The lowest BCUT2D eigenvalue weighted by Gasteiger charge is -2.14. The fraction of sp³-hybridized carbons (Fsp3) is 0.136. The lowest BCUT2D eigenvalue weighted by molar-refractivity contribution is 0.327. The van der Waals surface area contributed by atoms with E-state index in [1.807, 2.05) is 19.1 Å². The Morgan fingerprint density at radius 1 is 0.968 bits per heavy atom. The number of halogens is 3. The molecule has 3 rings (SSSR count). The Kier molecular flexibility index (Phi) is 7.49. The third kappa shape index (κ3) is 5.92. The number of benzene rings is 3. The van der Waals surface area contributed by atoms with Gasteiger partial charge in [0.05, 0.1) is 17.3 Å². The quantitative estimate of drug-likeness (QED) is 0.263. The summed E-state index contributed by atoms with van der Waals surface area (Å²) in [4.78, 5) is 4.33. The van der Waals surface area contributed by atoms with Crippen molar-refractivity contribution in [1.82, 2.24) is 0 Å². The van der Waals surface area contributed by atoms with Crippen LogP contribution >= 0.6 is 34.8 Å². The van der Waals surface area contributed by atoms with Crippen LogP contribution in [0, 0.1) is 6.92 Å². The maximum atomic E-state index is 12.7. The molecule has 0 bridgehead atoms. The molecular weight excluding hydrogens is 481 g/mol. The van der Waals surface area contributed by atoms with Crippen LogP contribution in [0.4, 0.5) is 5.69 Å². The molecule has 0 saturated heterocycles. The molecular formula is C22H18Cl3NO4S. The summed E-state index contributed by atoms with van der Waals surface area (Å²) in [6.45, 7) is 3.95. The fourth-order valence-electron chi connectivity index (χ4n) is 2.58. The van der Waals surface area contributed by atoms with Crippen molar-refractivity contribution >= 4 is 56.8 Å². The van der Waals surface area contributed by atoms with Crippen molar-refractivity contribution in [2.75, 3.05) is 6.61 Å². The third-order valence-electron chi connectivity index (χ3n) is 4.15. The van der Waals surface area contributed by atoms with E-state index in [1.165, 1.54) is 30.3 Å². The summed E-state index contributed by atoms with van der Waals surface area (Å²) < 4.78 is 36.2. The number of ether oxygens (including phenoxy) is 1. The van der Waals surface area contributed by atoms with Gasteiger partial charge in [-0.3, -0.25) is 4.99 Å². The van der Waals surface area contributed by atoms with Crippen LogP contribution in [0.2, 0.25) is 15.1 Å². The van der Waals surface area contributed by atoms with Gasteiger partial charge >= 0.3 is 10.1 Å². The van der Waals surface area contributed by atoms with Gasteiger partial charge in [-0.05, 0) is 73.5 Å². The lowest BCUT2D eigenvalue weighted by atomic mass is 10.2. The van der Waals surface area contributed by atoms with Crippen LogP contribution in [0.1, 0.15) is 18.1 Å². The minimum absolute atomic E-state index is 0.0581. The number of aliphatic imine (C=N–C) groups is 1. The van der Waals surface area contributed by atoms with E-state index in [1.54, 1.807) is 25.3 Å². The molecule has 31 heavy (non-hydrogen) atoms. The first-order chi connectivity index (χ1) is 14.7. The molecule has 0 heterocycles. The molecule has 0 N–H and O–H groups in total. The first-order valence-corrected chi connectivity index (χ1v) is 11.7. The summed E-state index contributed by atoms with van der Waals surface area (Å²) >= 11 is 18.3. The van der Waals surface area contributed by atoms with E-state index in [-0.39, 0.29) is 28.0 Å². The van der Waals surface area contributed by atoms with Crippen molar-refractivity contribution in [1.29, 1.82) is 0 Å². The summed E-state index contributed by atoms with van der Waals surface area (Å²) in [5.41, 5.74) is 2.21. The van der Waals surface area contributed by atoms with Gasteiger partial charge in [-0.25, -0.2) is 0 Å². The van der Waals surface area contributed by atoms with E-state index >= 15 is 0 Å². The molecule has 3 aromatic carbocycles. The normalized spacial score (nSPS) is 11.6. The van der Waals surface area contributed by atoms with Crippen molar-refractivity contribution in [2.45, 2.75) is 18.7 Å². The largest absolute Gasteiger partial charge is 0.490 e. The molecule has 3 aromatic rings. The van der Waals surface area contributed by atoms with Crippen LogP contribution in [-0.2, 0) is 10.1 Å². The second-order valence-corrected chi connectivity index (χ2v) is 9.24. The highest BCUT2D eigenvalue weighted by Gasteiger charge is 2.22. The topological polar surface area (TPSA) is 65.0 Å². The number of rotatable bonds is 7. The maximum absolute atomic E-state index is 12.7. The van der Waals surface area contributed by atoms with Gasteiger partial charge < -0.3 is 8.92 Å².